The third-order valence-electron chi connectivity index (χ3n) is 4.22. The highest BCUT2D eigenvalue weighted by atomic mass is 79.9. The normalized spacial score (nSPS) is 15.0. The Kier molecular flexibility index (Phi) is 5.70. The maximum Gasteiger partial charge on any atom is 0.255 e. The summed E-state index contributed by atoms with van der Waals surface area (Å²) < 4.78 is 5.93. The number of piperidine rings is 1. The largest absolute Gasteiger partial charge is 0.497 e. The molecule has 6 nitrogen and oxygen atoms in total. The molecule has 8 heteroatoms. The lowest BCUT2D eigenvalue weighted by Crippen LogP contribution is -2.41. The van der Waals surface area contributed by atoms with E-state index in [1.807, 2.05) is 5.38 Å². The Bertz CT molecular complexity index is 759. The van der Waals surface area contributed by atoms with Crippen molar-refractivity contribution < 1.29 is 14.3 Å². The number of hydrogen-bond donors (Lipinski definition) is 1. The van der Waals surface area contributed by atoms with Gasteiger partial charge in [-0.25, -0.2) is 4.98 Å². The van der Waals surface area contributed by atoms with Gasteiger partial charge in [-0.15, -0.1) is 11.3 Å². The lowest BCUT2D eigenvalue weighted by atomic mass is 9.95. The van der Waals surface area contributed by atoms with E-state index < -0.39 is 0 Å². The molecule has 25 heavy (non-hydrogen) atoms. The van der Waals surface area contributed by atoms with E-state index in [2.05, 4.69) is 26.2 Å². The fourth-order valence-electron chi connectivity index (χ4n) is 2.80. The van der Waals surface area contributed by atoms with Crippen molar-refractivity contribution in [1.82, 2.24) is 9.88 Å². The third-order valence-corrected chi connectivity index (χ3v) is 5.60. The van der Waals surface area contributed by atoms with Crippen LogP contribution in [0.5, 0.6) is 5.75 Å². The summed E-state index contributed by atoms with van der Waals surface area (Å²) in [7, 11) is 1.57. The van der Waals surface area contributed by atoms with E-state index >= 15 is 0 Å². The van der Waals surface area contributed by atoms with Gasteiger partial charge < -0.3 is 15.0 Å². The Morgan fingerprint density at radius 3 is 2.76 bits per heavy atom. The maximum absolute atomic E-state index is 12.8. The van der Waals surface area contributed by atoms with Crippen LogP contribution in [-0.2, 0) is 4.79 Å². The molecule has 0 spiro atoms. The minimum atomic E-state index is -0.0956. The number of carbonyl (C=O) groups is 2. The van der Waals surface area contributed by atoms with Crippen molar-refractivity contribution in [3.05, 3.63) is 39.8 Å². The Hall–Kier alpha value is -1.93. The number of anilines is 1. The summed E-state index contributed by atoms with van der Waals surface area (Å²) >= 11 is 4.82. The minimum absolute atomic E-state index is 0.0235. The van der Waals surface area contributed by atoms with Gasteiger partial charge in [-0.3, -0.25) is 9.59 Å². The van der Waals surface area contributed by atoms with E-state index in [-0.39, 0.29) is 17.7 Å². The van der Waals surface area contributed by atoms with Crippen LogP contribution in [0.3, 0.4) is 0 Å². The highest BCUT2D eigenvalue weighted by molar-refractivity contribution is 9.10. The molecule has 1 aromatic heterocycles. The van der Waals surface area contributed by atoms with Crippen LogP contribution in [0, 0.1) is 5.92 Å². The van der Waals surface area contributed by atoms with Crippen LogP contribution in [0.25, 0.3) is 0 Å². The summed E-state index contributed by atoms with van der Waals surface area (Å²) in [6, 6.07) is 5.34. The number of benzene rings is 1. The summed E-state index contributed by atoms with van der Waals surface area (Å²) in [6.45, 7) is 1.11. The predicted octanol–water partition coefficient (Wildman–Crippen LogP) is 3.41. The first-order valence-corrected chi connectivity index (χ1v) is 9.59. The van der Waals surface area contributed by atoms with Crippen molar-refractivity contribution in [1.29, 1.82) is 0 Å². The molecule has 1 saturated heterocycles. The van der Waals surface area contributed by atoms with Crippen molar-refractivity contribution in [3.8, 4) is 5.75 Å². The summed E-state index contributed by atoms with van der Waals surface area (Å²) in [6.07, 6.45) is 2.95. The fourth-order valence-corrected chi connectivity index (χ4v) is 3.75. The Morgan fingerprint density at radius 1 is 1.36 bits per heavy atom. The number of rotatable bonds is 4. The molecule has 0 bridgehead atoms. The van der Waals surface area contributed by atoms with Gasteiger partial charge in [0.05, 0.1) is 12.7 Å². The van der Waals surface area contributed by atoms with Gasteiger partial charge in [0.25, 0.3) is 5.91 Å². The zero-order valence-corrected chi connectivity index (χ0v) is 16.1. The summed E-state index contributed by atoms with van der Waals surface area (Å²) in [5, 5.41) is 5.27. The molecule has 0 unspecified atom stereocenters. The molecule has 2 aromatic rings. The van der Waals surface area contributed by atoms with Gasteiger partial charge in [-0.1, -0.05) is 0 Å². The van der Waals surface area contributed by atoms with Crippen molar-refractivity contribution in [2.45, 2.75) is 12.8 Å². The van der Waals surface area contributed by atoms with E-state index in [0.717, 1.165) is 4.47 Å². The molecule has 1 N–H and O–H groups in total. The molecule has 3 rings (SSSR count). The smallest absolute Gasteiger partial charge is 0.255 e. The summed E-state index contributed by atoms with van der Waals surface area (Å²) in [4.78, 5) is 30.9. The number of likely N-dealkylation sites (tertiary alicyclic amines) is 1. The Morgan fingerprint density at radius 2 is 2.12 bits per heavy atom. The number of aromatic nitrogens is 1. The number of halogens is 1. The molecule has 0 radical (unpaired) electrons. The quantitative estimate of drug-likeness (QED) is 0.817. The second kappa shape index (κ2) is 7.97. The molecule has 132 valence electrons. The van der Waals surface area contributed by atoms with Crippen LogP contribution in [0.1, 0.15) is 23.2 Å². The fraction of sp³-hybridized carbons (Fsp3) is 0.353. The summed E-state index contributed by atoms with van der Waals surface area (Å²) in [5.41, 5.74) is 0.574. The van der Waals surface area contributed by atoms with Crippen LogP contribution in [0.15, 0.2) is 34.2 Å². The zero-order valence-electron chi connectivity index (χ0n) is 13.7. The van der Waals surface area contributed by atoms with Crippen molar-refractivity contribution in [3.63, 3.8) is 0 Å². The number of ether oxygens (including phenoxy) is 1. The SMILES string of the molecule is COc1ccc(Br)c(C(=O)N2CCC(C(=O)Nc3nccs3)CC2)c1. The van der Waals surface area contributed by atoms with E-state index in [0.29, 0.717) is 42.4 Å². The minimum Gasteiger partial charge on any atom is -0.497 e. The highest BCUT2D eigenvalue weighted by Crippen LogP contribution is 2.26. The first-order valence-electron chi connectivity index (χ1n) is 7.91. The van der Waals surface area contributed by atoms with E-state index in [1.54, 1.807) is 36.4 Å². The number of thiazole rings is 1. The molecule has 0 atom stereocenters. The standard InChI is InChI=1S/C17H18BrN3O3S/c1-24-12-2-3-14(18)13(10-12)16(23)21-7-4-11(5-8-21)15(22)20-17-19-6-9-25-17/h2-3,6,9-11H,4-5,7-8H2,1H3,(H,19,20,22). The topological polar surface area (TPSA) is 71.5 Å². The Balaban J connectivity index is 1.60. The number of carbonyl (C=O) groups excluding carboxylic acids is 2. The number of nitrogens with one attached hydrogen (secondary N) is 1. The number of hydrogen-bond acceptors (Lipinski definition) is 5. The number of amides is 2. The van der Waals surface area contributed by atoms with Gasteiger partial charge in [0.1, 0.15) is 5.75 Å². The maximum atomic E-state index is 12.8. The monoisotopic (exact) mass is 423 g/mol. The second-order valence-electron chi connectivity index (χ2n) is 5.74. The molecule has 1 fully saturated rings. The van der Waals surface area contributed by atoms with E-state index in [9.17, 15) is 9.59 Å². The van der Waals surface area contributed by atoms with Crippen LogP contribution in [0.4, 0.5) is 5.13 Å². The van der Waals surface area contributed by atoms with Crippen LogP contribution in [0.2, 0.25) is 0 Å². The average Bonchev–Trinajstić information content (AvgIpc) is 3.14. The third kappa shape index (κ3) is 4.19. The average molecular weight is 424 g/mol. The predicted molar refractivity (Wildman–Crippen MR) is 100 cm³/mol. The van der Waals surface area contributed by atoms with Gasteiger partial charge in [0.15, 0.2) is 5.13 Å². The van der Waals surface area contributed by atoms with Gasteiger partial charge >= 0.3 is 0 Å². The van der Waals surface area contributed by atoms with Crippen LogP contribution < -0.4 is 10.1 Å². The van der Waals surface area contributed by atoms with Gasteiger partial charge in [-0.2, -0.15) is 0 Å². The zero-order chi connectivity index (χ0) is 17.8. The van der Waals surface area contributed by atoms with Crippen LogP contribution in [-0.4, -0.2) is 41.9 Å². The molecular formula is C17H18BrN3O3S. The Labute approximate surface area is 158 Å². The molecular weight excluding hydrogens is 406 g/mol. The van der Waals surface area contributed by atoms with Gasteiger partial charge in [-0.05, 0) is 47.0 Å². The molecule has 0 saturated carbocycles. The molecule has 1 aromatic carbocycles. The molecule has 1 aliphatic heterocycles. The van der Waals surface area contributed by atoms with Crippen molar-refractivity contribution >= 4 is 44.2 Å². The first-order chi connectivity index (χ1) is 12.1. The van der Waals surface area contributed by atoms with Crippen molar-refractivity contribution in [2.24, 2.45) is 5.92 Å². The lowest BCUT2D eigenvalue weighted by molar-refractivity contribution is -0.121. The van der Waals surface area contributed by atoms with E-state index in [1.165, 1.54) is 11.3 Å². The van der Waals surface area contributed by atoms with E-state index in [4.69, 9.17) is 4.74 Å². The number of nitrogens with zero attached hydrogens (tertiary/aromatic N) is 2. The van der Waals surface area contributed by atoms with Crippen molar-refractivity contribution in [2.75, 3.05) is 25.5 Å². The molecule has 0 aliphatic carbocycles. The molecule has 2 amide bonds. The first kappa shape index (κ1) is 17.9. The lowest BCUT2D eigenvalue weighted by Gasteiger charge is -2.31. The highest BCUT2D eigenvalue weighted by Gasteiger charge is 2.29. The summed E-state index contributed by atoms with van der Waals surface area (Å²) in [5.74, 6) is 0.472. The van der Waals surface area contributed by atoms with Crippen LogP contribution >= 0.6 is 27.3 Å². The van der Waals surface area contributed by atoms with Gasteiger partial charge in [0, 0.05) is 35.1 Å². The second-order valence-corrected chi connectivity index (χ2v) is 7.49. The molecule has 2 heterocycles. The molecule has 1 aliphatic rings. The van der Waals surface area contributed by atoms with Gasteiger partial charge in [0.2, 0.25) is 5.91 Å². The number of methoxy groups -OCH3 is 1.